The number of aliphatic hydroxyl groups excluding tert-OH is 1. The summed E-state index contributed by atoms with van der Waals surface area (Å²) in [4.78, 5) is 12.0. The number of benzene rings is 1. The Morgan fingerprint density at radius 3 is 2.76 bits per heavy atom. The van der Waals surface area contributed by atoms with Gasteiger partial charge in [0.1, 0.15) is 5.75 Å². The van der Waals surface area contributed by atoms with E-state index in [0.29, 0.717) is 17.9 Å². The molecule has 1 aliphatic carbocycles. The van der Waals surface area contributed by atoms with Crippen molar-refractivity contribution in [2.45, 2.75) is 32.2 Å². The summed E-state index contributed by atoms with van der Waals surface area (Å²) in [6, 6.07) is 7.43. The minimum Gasteiger partial charge on any atom is -0.495 e. The van der Waals surface area contributed by atoms with Crippen LogP contribution in [0.25, 0.3) is 0 Å². The number of hydrogen-bond acceptors (Lipinski definition) is 4. The van der Waals surface area contributed by atoms with Crippen LogP contribution in [0, 0.1) is 5.41 Å². The molecule has 0 spiro atoms. The second-order valence-corrected chi connectivity index (χ2v) is 5.89. The molecule has 5 heteroatoms. The molecule has 0 bridgehead atoms. The summed E-state index contributed by atoms with van der Waals surface area (Å²) in [6.45, 7) is 2.97. The van der Waals surface area contributed by atoms with Crippen LogP contribution in [0.4, 0.5) is 5.69 Å². The summed E-state index contributed by atoms with van der Waals surface area (Å²) in [5.74, 6) is 0.608. The highest BCUT2D eigenvalue weighted by Gasteiger charge is 2.41. The molecule has 0 heterocycles. The van der Waals surface area contributed by atoms with Crippen molar-refractivity contribution in [3.05, 3.63) is 24.3 Å². The van der Waals surface area contributed by atoms with Crippen LogP contribution in [0.3, 0.4) is 0 Å². The zero-order valence-corrected chi connectivity index (χ0v) is 12.7. The van der Waals surface area contributed by atoms with Crippen LogP contribution in [-0.4, -0.2) is 37.3 Å². The van der Waals surface area contributed by atoms with Gasteiger partial charge in [-0.25, -0.2) is 0 Å². The third-order valence-electron chi connectivity index (χ3n) is 3.99. The van der Waals surface area contributed by atoms with Gasteiger partial charge in [-0.05, 0) is 31.9 Å². The molecule has 21 heavy (non-hydrogen) atoms. The van der Waals surface area contributed by atoms with Gasteiger partial charge < -0.3 is 20.5 Å². The number of amides is 1. The average Bonchev–Trinajstić information content (AvgIpc) is 3.26. The Balaban J connectivity index is 1.78. The van der Waals surface area contributed by atoms with E-state index in [2.05, 4.69) is 10.6 Å². The van der Waals surface area contributed by atoms with Crippen molar-refractivity contribution in [2.75, 3.05) is 25.6 Å². The Hall–Kier alpha value is -1.59. The van der Waals surface area contributed by atoms with Gasteiger partial charge in [0.05, 0.1) is 12.8 Å². The fourth-order valence-electron chi connectivity index (χ4n) is 2.26. The Labute approximate surface area is 125 Å². The molecule has 116 valence electrons. The maximum atomic E-state index is 12.0. The van der Waals surface area contributed by atoms with Gasteiger partial charge in [-0.2, -0.15) is 0 Å². The second kappa shape index (κ2) is 6.91. The third kappa shape index (κ3) is 4.44. The molecule has 1 amide bonds. The number of anilines is 1. The maximum absolute atomic E-state index is 12.0. The van der Waals surface area contributed by atoms with Crippen LogP contribution >= 0.6 is 0 Å². The van der Waals surface area contributed by atoms with Crippen molar-refractivity contribution >= 4 is 11.6 Å². The van der Waals surface area contributed by atoms with E-state index in [1.54, 1.807) is 7.11 Å². The molecule has 5 nitrogen and oxygen atoms in total. The molecule has 0 radical (unpaired) electrons. The SMILES string of the molecule is COc1ccccc1NC(=O)CC(C)NCC1(CO)CC1. The lowest BCUT2D eigenvalue weighted by Crippen LogP contribution is -2.36. The number of nitrogens with one attached hydrogen (secondary N) is 2. The molecule has 0 aliphatic heterocycles. The zero-order valence-electron chi connectivity index (χ0n) is 12.7. The van der Waals surface area contributed by atoms with E-state index in [-0.39, 0.29) is 24.0 Å². The number of para-hydroxylation sites is 2. The van der Waals surface area contributed by atoms with Gasteiger partial charge >= 0.3 is 0 Å². The molecule has 0 aromatic heterocycles. The van der Waals surface area contributed by atoms with Gasteiger partial charge in [-0.15, -0.1) is 0 Å². The van der Waals surface area contributed by atoms with E-state index in [9.17, 15) is 9.90 Å². The van der Waals surface area contributed by atoms with Crippen molar-refractivity contribution < 1.29 is 14.6 Å². The first-order valence-corrected chi connectivity index (χ1v) is 7.36. The first-order chi connectivity index (χ1) is 10.1. The first kappa shape index (κ1) is 15.8. The summed E-state index contributed by atoms with van der Waals surface area (Å²) in [7, 11) is 1.58. The topological polar surface area (TPSA) is 70.6 Å². The van der Waals surface area contributed by atoms with Gasteiger partial charge in [-0.1, -0.05) is 12.1 Å². The molecule has 1 atom stereocenters. The number of ether oxygens (including phenoxy) is 1. The van der Waals surface area contributed by atoms with E-state index in [0.717, 1.165) is 19.4 Å². The molecular weight excluding hydrogens is 268 g/mol. The zero-order chi connectivity index (χ0) is 15.3. The lowest BCUT2D eigenvalue weighted by Gasteiger charge is -2.18. The molecule has 2 rings (SSSR count). The summed E-state index contributed by atoms with van der Waals surface area (Å²) >= 11 is 0. The van der Waals surface area contributed by atoms with Crippen molar-refractivity contribution in [1.82, 2.24) is 5.32 Å². The van der Waals surface area contributed by atoms with E-state index in [1.807, 2.05) is 31.2 Å². The normalized spacial score (nSPS) is 17.1. The monoisotopic (exact) mass is 292 g/mol. The molecule has 1 unspecified atom stereocenters. The van der Waals surface area contributed by atoms with Gasteiger partial charge in [0, 0.05) is 31.0 Å². The highest BCUT2D eigenvalue weighted by molar-refractivity contribution is 5.92. The molecule has 0 saturated heterocycles. The summed E-state index contributed by atoms with van der Waals surface area (Å²) in [6.07, 6.45) is 2.52. The fourth-order valence-corrected chi connectivity index (χ4v) is 2.26. The van der Waals surface area contributed by atoms with Crippen LogP contribution in [0.15, 0.2) is 24.3 Å². The van der Waals surface area contributed by atoms with Crippen LogP contribution in [0.5, 0.6) is 5.75 Å². The van der Waals surface area contributed by atoms with Crippen LogP contribution in [-0.2, 0) is 4.79 Å². The molecule has 1 aromatic carbocycles. The number of carbonyl (C=O) groups is 1. The predicted octanol–water partition coefficient (Wildman–Crippen LogP) is 1.77. The smallest absolute Gasteiger partial charge is 0.226 e. The molecule has 1 aromatic rings. The first-order valence-electron chi connectivity index (χ1n) is 7.36. The quantitative estimate of drug-likeness (QED) is 0.683. The van der Waals surface area contributed by atoms with Gasteiger partial charge in [0.15, 0.2) is 0 Å². The average molecular weight is 292 g/mol. The van der Waals surface area contributed by atoms with E-state index in [1.165, 1.54) is 0 Å². The number of rotatable bonds is 8. The molecule has 1 aliphatic rings. The fraction of sp³-hybridized carbons (Fsp3) is 0.562. The van der Waals surface area contributed by atoms with Crippen LogP contribution in [0.2, 0.25) is 0 Å². The van der Waals surface area contributed by atoms with Crippen molar-refractivity contribution in [3.63, 3.8) is 0 Å². The molecule has 3 N–H and O–H groups in total. The number of methoxy groups -OCH3 is 1. The lowest BCUT2D eigenvalue weighted by molar-refractivity contribution is -0.116. The minimum atomic E-state index is -0.0478. The Morgan fingerprint density at radius 2 is 2.14 bits per heavy atom. The standard InChI is InChI=1S/C16H24N2O3/c1-12(17-10-16(11-19)7-8-16)9-15(20)18-13-5-3-4-6-14(13)21-2/h3-6,12,17,19H,7-11H2,1-2H3,(H,18,20). The number of carbonyl (C=O) groups excluding carboxylic acids is 1. The highest BCUT2D eigenvalue weighted by Crippen LogP contribution is 2.44. The van der Waals surface area contributed by atoms with Crippen molar-refractivity contribution in [2.24, 2.45) is 5.41 Å². The predicted molar refractivity (Wildman–Crippen MR) is 82.5 cm³/mol. The van der Waals surface area contributed by atoms with Gasteiger partial charge in [0.25, 0.3) is 0 Å². The number of hydrogen-bond donors (Lipinski definition) is 3. The molecule has 1 saturated carbocycles. The Bertz CT molecular complexity index is 486. The third-order valence-corrected chi connectivity index (χ3v) is 3.99. The molecule has 1 fully saturated rings. The van der Waals surface area contributed by atoms with Crippen molar-refractivity contribution in [3.8, 4) is 5.75 Å². The summed E-state index contributed by atoms with van der Waals surface area (Å²) in [5, 5.41) is 15.5. The summed E-state index contributed by atoms with van der Waals surface area (Å²) in [5.41, 5.74) is 0.749. The van der Waals surface area contributed by atoms with Gasteiger partial charge in [0.2, 0.25) is 5.91 Å². The van der Waals surface area contributed by atoms with E-state index in [4.69, 9.17) is 4.74 Å². The second-order valence-electron chi connectivity index (χ2n) is 5.89. The van der Waals surface area contributed by atoms with Crippen molar-refractivity contribution in [1.29, 1.82) is 0 Å². The lowest BCUT2D eigenvalue weighted by atomic mass is 10.1. The Morgan fingerprint density at radius 1 is 1.43 bits per heavy atom. The van der Waals surface area contributed by atoms with E-state index >= 15 is 0 Å². The largest absolute Gasteiger partial charge is 0.495 e. The minimum absolute atomic E-state index is 0.0478. The highest BCUT2D eigenvalue weighted by atomic mass is 16.5. The van der Waals surface area contributed by atoms with Crippen LogP contribution in [0.1, 0.15) is 26.2 Å². The summed E-state index contributed by atoms with van der Waals surface area (Å²) < 4.78 is 5.21. The maximum Gasteiger partial charge on any atom is 0.226 e. The number of aliphatic hydroxyl groups is 1. The molecular formula is C16H24N2O3. The van der Waals surface area contributed by atoms with E-state index < -0.39 is 0 Å². The van der Waals surface area contributed by atoms with Gasteiger partial charge in [-0.3, -0.25) is 4.79 Å². The van der Waals surface area contributed by atoms with Crippen LogP contribution < -0.4 is 15.4 Å². The Kier molecular flexibility index (Phi) is 5.20.